The van der Waals surface area contributed by atoms with Crippen LogP contribution in [-0.2, 0) is 4.74 Å². The molecule has 0 bridgehead atoms. The van der Waals surface area contributed by atoms with Crippen LogP contribution in [0.25, 0.3) is 0 Å². The van der Waals surface area contributed by atoms with E-state index in [1.54, 1.807) is 19.2 Å². The molecule has 1 heterocycles. The third-order valence-electron chi connectivity index (χ3n) is 1.49. The van der Waals surface area contributed by atoms with Crippen LogP contribution in [-0.4, -0.2) is 24.1 Å². The van der Waals surface area contributed by atoms with Crippen molar-refractivity contribution < 1.29 is 9.53 Å². The van der Waals surface area contributed by atoms with Gasteiger partial charge in [-0.15, -0.1) is 17.3 Å². The van der Waals surface area contributed by atoms with E-state index in [2.05, 4.69) is 22.1 Å². The van der Waals surface area contributed by atoms with Crippen LogP contribution in [0.1, 0.15) is 24.3 Å². The minimum absolute atomic E-state index is 0.341. The average Bonchev–Trinajstić information content (AvgIpc) is 2.67. The topological polar surface area (TPSA) is 51.2 Å². The standard InChI is InChI=1S/C10H12N2O2S/c1-3-5-6-11-10-12-8(7-15-10)9(13)14-4-2/h7H,4,6H2,1-2H3,(H,11,12). The van der Waals surface area contributed by atoms with Crippen LogP contribution in [0.2, 0.25) is 0 Å². The Morgan fingerprint density at radius 2 is 2.53 bits per heavy atom. The first kappa shape index (κ1) is 11.5. The zero-order valence-electron chi connectivity index (χ0n) is 8.66. The first-order valence-electron chi connectivity index (χ1n) is 4.54. The predicted octanol–water partition coefficient (Wildman–Crippen LogP) is 1.76. The van der Waals surface area contributed by atoms with Gasteiger partial charge in [0.25, 0.3) is 0 Å². The summed E-state index contributed by atoms with van der Waals surface area (Å²) >= 11 is 1.36. The lowest BCUT2D eigenvalue weighted by Crippen LogP contribution is -2.05. The molecule has 1 aromatic heterocycles. The Hall–Kier alpha value is -1.54. The minimum atomic E-state index is -0.386. The van der Waals surface area contributed by atoms with Crippen LogP contribution in [0.3, 0.4) is 0 Å². The van der Waals surface area contributed by atoms with Gasteiger partial charge in [0.2, 0.25) is 0 Å². The summed E-state index contributed by atoms with van der Waals surface area (Å²) in [6.45, 7) is 4.43. The van der Waals surface area contributed by atoms with Gasteiger partial charge in [-0.05, 0) is 13.8 Å². The summed E-state index contributed by atoms with van der Waals surface area (Å²) in [5.74, 6) is 5.22. The summed E-state index contributed by atoms with van der Waals surface area (Å²) in [6, 6.07) is 0. The first-order valence-corrected chi connectivity index (χ1v) is 5.42. The summed E-state index contributed by atoms with van der Waals surface area (Å²) in [5, 5.41) is 5.34. The number of nitrogens with zero attached hydrogens (tertiary/aromatic N) is 1. The molecule has 1 N–H and O–H groups in total. The van der Waals surface area contributed by atoms with Crippen LogP contribution < -0.4 is 5.32 Å². The van der Waals surface area contributed by atoms with Crippen LogP contribution >= 0.6 is 11.3 Å². The number of hydrogen-bond donors (Lipinski definition) is 1. The zero-order chi connectivity index (χ0) is 11.1. The van der Waals surface area contributed by atoms with E-state index < -0.39 is 0 Å². The lowest BCUT2D eigenvalue weighted by Gasteiger charge is -1.96. The summed E-state index contributed by atoms with van der Waals surface area (Å²) in [4.78, 5) is 15.3. The molecule has 1 aromatic rings. The number of carbonyl (C=O) groups is 1. The van der Waals surface area contributed by atoms with Crippen LogP contribution in [0, 0.1) is 11.8 Å². The fourth-order valence-electron chi connectivity index (χ4n) is 0.862. The number of esters is 1. The Morgan fingerprint density at radius 1 is 1.73 bits per heavy atom. The Bertz CT molecular complexity index is 390. The third-order valence-corrected chi connectivity index (χ3v) is 2.29. The van der Waals surface area contributed by atoms with E-state index in [9.17, 15) is 4.79 Å². The second-order valence-corrected chi connectivity index (χ2v) is 3.40. The van der Waals surface area contributed by atoms with Crippen LogP contribution in [0.5, 0.6) is 0 Å². The van der Waals surface area contributed by atoms with Crippen molar-refractivity contribution in [3.8, 4) is 11.8 Å². The highest BCUT2D eigenvalue weighted by Crippen LogP contribution is 2.15. The number of ether oxygens (including phenoxy) is 1. The molecule has 1 rings (SSSR count). The van der Waals surface area contributed by atoms with Crippen molar-refractivity contribution in [1.29, 1.82) is 0 Å². The van der Waals surface area contributed by atoms with E-state index in [0.717, 1.165) is 0 Å². The molecule has 5 heteroatoms. The molecule has 4 nitrogen and oxygen atoms in total. The van der Waals surface area contributed by atoms with Gasteiger partial charge in [0.05, 0.1) is 13.2 Å². The Kier molecular flexibility index (Phi) is 4.64. The lowest BCUT2D eigenvalue weighted by atomic mass is 10.5. The molecule has 15 heavy (non-hydrogen) atoms. The van der Waals surface area contributed by atoms with Crippen molar-refractivity contribution in [2.75, 3.05) is 18.5 Å². The number of anilines is 1. The number of nitrogens with one attached hydrogen (secondary N) is 1. The summed E-state index contributed by atoms with van der Waals surface area (Å²) < 4.78 is 4.82. The maximum absolute atomic E-state index is 11.3. The molecule has 0 atom stereocenters. The number of hydrogen-bond acceptors (Lipinski definition) is 5. The quantitative estimate of drug-likeness (QED) is 0.625. The predicted molar refractivity (Wildman–Crippen MR) is 60.0 cm³/mol. The molecule has 0 aliphatic rings. The molecular weight excluding hydrogens is 212 g/mol. The number of thiazole rings is 1. The first-order chi connectivity index (χ1) is 7.27. The Balaban J connectivity index is 2.54. The largest absolute Gasteiger partial charge is 0.461 e. The molecule has 0 spiro atoms. The van der Waals surface area contributed by atoms with Crippen molar-refractivity contribution in [1.82, 2.24) is 4.98 Å². The van der Waals surface area contributed by atoms with Gasteiger partial charge in [0, 0.05) is 5.38 Å². The molecule has 0 aliphatic carbocycles. The maximum atomic E-state index is 11.3. The second-order valence-electron chi connectivity index (χ2n) is 2.54. The lowest BCUT2D eigenvalue weighted by molar-refractivity contribution is 0.0520. The summed E-state index contributed by atoms with van der Waals surface area (Å²) in [7, 11) is 0. The second kappa shape index (κ2) is 6.04. The van der Waals surface area contributed by atoms with E-state index >= 15 is 0 Å². The molecule has 0 aliphatic heterocycles. The van der Waals surface area contributed by atoms with Crippen molar-refractivity contribution >= 4 is 22.4 Å². The monoisotopic (exact) mass is 224 g/mol. The van der Waals surface area contributed by atoms with Crippen molar-refractivity contribution in [2.24, 2.45) is 0 Å². The molecule has 0 saturated carbocycles. The fraction of sp³-hybridized carbons (Fsp3) is 0.400. The van der Waals surface area contributed by atoms with Gasteiger partial charge in [0.15, 0.2) is 10.8 Å². The molecule has 0 fully saturated rings. The van der Waals surface area contributed by atoms with Crippen molar-refractivity contribution in [2.45, 2.75) is 13.8 Å². The van der Waals surface area contributed by atoms with Gasteiger partial charge >= 0.3 is 5.97 Å². The highest BCUT2D eigenvalue weighted by molar-refractivity contribution is 7.13. The van der Waals surface area contributed by atoms with Gasteiger partial charge in [0.1, 0.15) is 0 Å². The van der Waals surface area contributed by atoms with Gasteiger partial charge in [-0.2, -0.15) is 0 Å². The van der Waals surface area contributed by atoms with E-state index in [4.69, 9.17) is 4.74 Å². The van der Waals surface area contributed by atoms with Gasteiger partial charge in [-0.1, -0.05) is 5.92 Å². The highest BCUT2D eigenvalue weighted by atomic mass is 32.1. The average molecular weight is 224 g/mol. The molecule has 0 saturated heterocycles. The normalized spacial score (nSPS) is 8.93. The van der Waals surface area contributed by atoms with Crippen LogP contribution in [0.15, 0.2) is 5.38 Å². The van der Waals surface area contributed by atoms with Gasteiger partial charge in [-0.25, -0.2) is 9.78 Å². The number of carbonyl (C=O) groups excluding carboxylic acids is 1. The molecule has 0 aromatic carbocycles. The molecule has 0 unspecified atom stereocenters. The third kappa shape index (κ3) is 3.60. The summed E-state index contributed by atoms with van der Waals surface area (Å²) in [5.41, 5.74) is 0.341. The Morgan fingerprint density at radius 3 is 3.20 bits per heavy atom. The number of aromatic nitrogens is 1. The maximum Gasteiger partial charge on any atom is 0.357 e. The molecule has 0 radical (unpaired) electrons. The SMILES string of the molecule is CC#CCNc1nc(C(=O)OCC)cs1. The van der Waals surface area contributed by atoms with Crippen molar-refractivity contribution in [3.05, 3.63) is 11.1 Å². The summed E-state index contributed by atoms with van der Waals surface area (Å²) in [6.07, 6.45) is 0. The van der Waals surface area contributed by atoms with E-state index in [1.807, 2.05) is 0 Å². The van der Waals surface area contributed by atoms with Gasteiger partial charge < -0.3 is 10.1 Å². The molecule has 80 valence electrons. The van der Waals surface area contributed by atoms with E-state index in [1.165, 1.54) is 11.3 Å². The smallest absolute Gasteiger partial charge is 0.357 e. The van der Waals surface area contributed by atoms with Gasteiger partial charge in [-0.3, -0.25) is 0 Å². The Labute approximate surface area is 92.7 Å². The van der Waals surface area contributed by atoms with Crippen LogP contribution in [0.4, 0.5) is 5.13 Å². The van der Waals surface area contributed by atoms with E-state index in [0.29, 0.717) is 24.0 Å². The highest BCUT2D eigenvalue weighted by Gasteiger charge is 2.10. The molecular formula is C10H12N2O2S. The fourth-order valence-corrected chi connectivity index (χ4v) is 1.54. The molecule has 0 amide bonds. The number of rotatable bonds is 4. The van der Waals surface area contributed by atoms with E-state index in [-0.39, 0.29) is 5.97 Å². The van der Waals surface area contributed by atoms with Crippen molar-refractivity contribution in [3.63, 3.8) is 0 Å². The zero-order valence-corrected chi connectivity index (χ0v) is 9.48. The minimum Gasteiger partial charge on any atom is -0.461 e.